The van der Waals surface area contributed by atoms with Gasteiger partial charge in [-0.3, -0.25) is 0 Å². The second kappa shape index (κ2) is 6.37. The van der Waals surface area contributed by atoms with E-state index in [0.29, 0.717) is 23.5 Å². The fourth-order valence-corrected chi connectivity index (χ4v) is 4.12. The fraction of sp³-hybridized carbons (Fsp3) is 0.421. The van der Waals surface area contributed by atoms with Crippen molar-refractivity contribution in [2.45, 2.75) is 43.9 Å². The molecular weight excluding hydrogens is 389 g/mol. The van der Waals surface area contributed by atoms with Crippen LogP contribution in [0.15, 0.2) is 23.2 Å². The standard InChI is InChI=1S/C19H19F3N4OS/c1-5-28-14-7-13-11(8-18(2,3)27-13)24-16(14)17-25-10-6-15(19(20,21)22)23-9-12(10)26(17)4/h6-7,9H,5,8H2,1-4H3. The first-order valence-corrected chi connectivity index (χ1v) is 9.83. The molecule has 0 saturated heterocycles. The number of rotatable bonds is 3. The van der Waals surface area contributed by atoms with Crippen molar-refractivity contribution in [2.24, 2.45) is 7.05 Å². The maximum atomic E-state index is 13.0. The Labute approximate surface area is 164 Å². The molecule has 28 heavy (non-hydrogen) atoms. The zero-order valence-corrected chi connectivity index (χ0v) is 16.7. The minimum Gasteiger partial charge on any atom is -0.485 e. The first-order chi connectivity index (χ1) is 13.1. The van der Waals surface area contributed by atoms with Gasteiger partial charge in [0.2, 0.25) is 0 Å². The molecule has 4 heterocycles. The molecule has 0 aromatic carbocycles. The summed E-state index contributed by atoms with van der Waals surface area (Å²) in [6, 6.07) is 2.93. The van der Waals surface area contributed by atoms with Crippen LogP contribution in [-0.2, 0) is 19.6 Å². The number of imidazole rings is 1. The minimum atomic E-state index is -4.51. The second-order valence-electron chi connectivity index (χ2n) is 7.30. The maximum absolute atomic E-state index is 13.0. The summed E-state index contributed by atoms with van der Waals surface area (Å²) in [7, 11) is 1.76. The molecule has 0 atom stereocenters. The highest BCUT2D eigenvalue weighted by molar-refractivity contribution is 7.99. The van der Waals surface area contributed by atoms with Gasteiger partial charge in [-0.25, -0.2) is 15.0 Å². The molecular formula is C19H19F3N4OS. The van der Waals surface area contributed by atoms with Crippen LogP contribution >= 0.6 is 11.8 Å². The van der Waals surface area contributed by atoms with E-state index in [1.54, 1.807) is 23.4 Å². The number of alkyl halides is 3. The summed E-state index contributed by atoms with van der Waals surface area (Å²) in [6.45, 7) is 6.03. The molecule has 0 saturated carbocycles. The van der Waals surface area contributed by atoms with Crippen molar-refractivity contribution >= 4 is 22.8 Å². The molecule has 0 bridgehead atoms. The molecule has 3 aromatic rings. The molecule has 0 radical (unpaired) electrons. The van der Waals surface area contributed by atoms with Gasteiger partial charge in [0.05, 0.1) is 22.9 Å². The lowest BCUT2D eigenvalue weighted by molar-refractivity contribution is -0.141. The molecule has 9 heteroatoms. The number of aromatic nitrogens is 4. The van der Waals surface area contributed by atoms with Crippen molar-refractivity contribution in [1.29, 1.82) is 0 Å². The van der Waals surface area contributed by atoms with Gasteiger partial charge in [0.15, 0.2) is 5.82 Å². The van der Waals surface area contributed by atoms with Crippen LogP contribution in [0.25, 0.3) is 22.6 Å². The number of pyridine rings is 2. The van der Waals surface area contributed by atoms with E-state index in [4.69, 9.17) is 9.72 Å². The second-order valence-corrected chi connectivity index (χ2v) is 8.61. The Morgan fingerprint density at radius 3 is 2.68 bits per heavy atom. The van der Waals surface area contributed by atoms with Crippen molar-refractivity contribution in [2.75, 3.05) is 5.75 Å². The SMILES string of the molecule is CCSc1cc2c(nc1-c1nc3cc(C(F)(F)F)ncc3n1C)CC(C)(C)O2. The summed E-state index contributed by atoms with van der Waals surface area (Å²) in [4.78, 5) is 13.7. The first kappa shape index (κ1) is 19.0. The fourth-order valence-electron chi connectivity index (χ4n) is 3.35. The van der Waals surface area contributed by atoms with Gasteiger partial charge < -0.3 is 9.30 Å². The zero-order valence-electron chi connectivity index (χ0n) is 15.9. The highest BCUT2D eigenvalue weighted by Crippen LogP contribution is 2.41. The largest absolute Gasteiger partial charge is 0.485 e. The lowest BCUT2D eigenvalue weighted by Crippen LogP contribution is -2.24. The van der Waals surface area contributed by atoms with E-state index in [0.717, 1.165) is 28.2 Å². The summed E-state index contributed by atoms with van der Waals surface area (Å²) in [5.41, 5.74) is 0.964. The van der Waals surface area contributed by atoms with Gasteiger partial charge in [-0.2, -0.15) is 13.2 Å². The molecule has 1 aliphatic heterocycles. The van der Waals surface area contributed by atoms with Gasteiger partial charge in [0.25, 0.3) is 0 Å². The lowest BCUT2D eigenvalue weighted by Gasteiger charge is -2.16. The zero-order chi connectivity index (χ0) is 20.3. The van der Waals surface area contributed by atoms with Crippen molar-refractivity contribution in [3.05, 3.63) is 29.7 Å². The van der Waals surface area contributed by atoms with E-state index >= 15 is 0 Å². The molecule has 0 aliphatic carbocycles. The van der Waals surface area contributed by atoms with Crippen LogP contribution in [0.1, 0.15) is 32.2 Å². The number of thioether (sulfide) groups is 1. The van der Waals surface area contributed by atoms with Gasteiger partial charge in [-0.05, 0) is 31.7 Å². The molecule has 4 rings (SSSR count). The first-order valence-electron chi connectivity index (χ1n) is 8.85. The average Bonchev–Trinajstić information content (AvgIpc) is 3.08. The van der Waals surface area contributed by atoms with Crippen LogP contribution in [0.2, 0.25) is 0 Å². The molecule has 1 aliphatic rings. The maximum Gasteiger partial charge on any atom is 0.433 e. The van der Waals surface area contributed by atoms with Gasteiger partial charge >= 0.3 is 6.18 Å². The summed E-state index contributed by atoms with van der Waals surface area (Å²) >= 11 is 1.60. The molecule has 5 nitrogen and oxygen atoms in total. The third-order valence-electron chi connectivity index (χ3n) is 4.58. The normalized spacial score (nSPS) is 15.7. The molecule has 0 fully saturated rings. The minimum absolute atomic E-state index is 0.242. The smallest absolute Gasteiger partial charge is 0.433 e. The van der Waals surface area contributed by atoms with Crippen LogP contribution in [-0.4, -0.2) is 30.9 Å². The van der Waals surface area contributed by atoms with Crippen LogP contribution in [0, 0.1) is 0 Å². The Morgan fingerprint density at radius 2 is 2.00 bits per heavy atom. The van der Waals surface area contributed by atoms with E-state index in [2.05, 4.69) is 9.97 Å². The predicted molar refractivity (Wildman–Crippen MR) is 102 cm³/mol. The molecule has 3 aromatic heterocycles. The Morgan fingerprint density at radius 1 is 1.25 bits per heavy atom. The van der Waals surface area contributed by atoms with Crippen molar-refractivity contribution in [3.63, 3.8) is 0 Å². The summed E-state index contributed by atoms with van der Waals surface area (Å²) in [5.74, 6) is 2.09. The van der Waals surface area contributed by atoms with Gasteiger partial charge in [-0.15, -0.1) is 11.8 Å². The number of fused-ring (bicyclic) bond motifs is 2. The molecule has 0 amide bonds. The van der Waals surface area contributed by atoms with Crippen LogP contribution in [0.3, 0.4) is 0 Å². The van der Waals surface area contributed by atoms with E-state index < -0.39 is 11.9 Å². The van der Waals surface area contributed by atoms with E-state index in [1.165, 1.54) is 6.20 Å². The summed E-state index contributed by atoms with van der Waals surface area (Å²) in [6.07, 6.45) is -2.64. The van der Waals surface area contributed by atoms with Gasteiger partial charge in [0, 0.05) is 18.4 Å². The van der Waals surface area contributed by atoms with Crippen molar-refractivity contribution < 1.29 is 17.9 Å². The van der Waals surface area contributed by atoms with Crippen LogP contribution < -0.4 is 4.74 Å². The Hall–Kier alpha value is -2.29. The van der Waals surface area contributed by atoms with Crippen LogP contribution in [0.5, 0.6) is 5.75 Å². The van der Waals surface area contributed by atoms with Crippen LogP contribution in [0.4, 0.5) is 13.2 Å². The monoisotopic (exact) mass is 408 g/mol. The topological polar surface area (TPSA) is 52.8 Å². The Bertz CT molecular complexity index is 1080. The number of aryl methyl sites for hydroxylation is 1. The third kappa shape index (κ3) is 3.21. The highest BCUT2D eigenvalue weighted by atomic mass is 32.2. The summed E-state index contributed by atoms with van der Waals surface area (Å²) in [5, 5.41) is 0. The molecule has 0 spiro atoms. The number of ether oxygens (including phenoxy) is 1. The lowest BCUT2D eigenvalue weighted by atomic mass is 10.1. The molecule has 0 unspecified atom stereocenters. The predicted octanol–water partition coefficient (Wildman–Crippen LogP) is 4.87. The average molecular weight is 408 g/mol. The Balaban J connectivity index is 1.89. The van der Waals surface area contributed by atoms with E-state index in [-0.39, 0.29) is 11.1 Å². The van der Waals surface area contributed by atoms with E-state index in [1.807, 2.05) is 26.8 Å². The van der Waals surface area contributed by atoms with E-state index in [9.17, 15) is 13.2 Å². The van der Waals surface area contributed by atoms with Gasteiger partial charge in [0.1, 0.15) is 22.7 Å². The highest BCUT2D eigenvalue weighted by Gasteiger charge is 2.34. The van der Waals surface area contributed by atoms with Crippen molar-refractivity contribution in [1.82, 2.24) is 19.5 Å². The number of nitrogens with zero attached hydrogens (tertiary/aromatic N) is 4. The third-order valence-corrected chi connectivity index (χ3v) is 5.49. The summed E-state index contributed by atoms with van der Waals surface area (Å²) < 4.78 is 46.7. The molecule has 148 valence electrons. The van der Waals surface area contributed by atoms with Crippen molar-refractivity contribution in [3.8, 4) is 17.3 Å². The van der Waals surface area contributed by atoms with Gasteiger partial charge in [-0.1, -0.05) is 6.92 Å². The number of hydrogen-bond donors (Lipinski definition) is 0. The molecule has 0 N–H and O–H groups in total. The number of hydrogen-bond acceptors (Lipinski definition) is 5. The Kier molecular flexibility index (Phi) is 4.33. The number of halogens is 3. The quantitative estimate of drug-likeness (QED) is 0.579.